The maximum atomic E-state index is 7.11. The molecule has 1 aliphatic rings. The molecule has 3 aromatic rings. The molecule has 7 heteroatoms. The predicted molar refractivity (Wildman–Crippen MR) is 202 cm³/mol. The summed E-state index contributed by atoms with van der Waals surface area (Å²) in [6, 6.07) is 12.7. The van der Waals surface area contributed by atoms with Gasteiger partial charge >= 0.3 is 0 Å². The Morgan fingerprint density at radius 2 is 1.85 bits per heavy atom. The predicted octanol–water partition coefficient (Wildman–Crippen LogP) is 9.64. The molecule has 47 heavy (non-hydrogen) atoms. The highest BCUT2D eigenvalue weighted by atomic mass is 35.5. The average Bonchev–Trinajstić information content (AvgIpc) is 3.49. The van der Waals surface area contributed by atoms with E-state index in [-0.39, 0.29) is 11.3 Å². The van der Waals surface area contributed by atoms with Gasteiger partial charge in [0.05, 0.1) is 28.3 Å². The van der Waals surface area contributed by atoms with Crippen LogP contribution in [0.15, 0.2) is 72.0 Å². The van der Waals surface area contributed by atoms with Gasteiger partial charge in [-0.25, -0.2) is 4.98 Å². The van der Waals surface area contributed by atoms with Gasteiger partial charge in [-0.15, -0.1) is 6.58 Å². The molecule has 0 radical (unpaired) electrons. The van der Waals surface area contributed by atoms with Crippen LogP contribution >= 0.6 is 11.6 Å². The monoisotopic (exact) mass is 654 g/mol. The van der Waals surface area contributed by atoms with Crippen molar-refractivity contribution in [3.63, 3.8) is 0 Å². The molecule has 252 valence electrons. The number of benzene rings is 2. The van der Waals surface area contributed by atoms with E-state index in [2.05, 4.69) is 76.0 Å². The molecule has 6 nitrogen and oxygen atoms in total. The van der Waals surface area contributed by atoms with Crippen LogP contribution in [-0.4, -0.2) is 46.8 Å². The Morgan fingerprint density at radius 1 is 1.15 bits per heavy atom. The van der Waals surface area contributed by atoms with E-state index >= 15 is 0 Å². The van der Waals surface area contributed by atoms with Crippen LogP contribution < -0.4 is 11.1 Å². The lowest BCUT2D eigenvalue weighted by molar-refractivity contribution is 0.133. The van der Waals surface area contributed by atoms with Crippen molar-refractivity contribution in [2.75, 3.05) is 25.4 Å². The lowest BCUT2D eigenvalue weighted by atomic mass is 9.85. The van der Waals surface area contributed by atoms with Gasteiger partial charge in [0.25, 0.3) is 0 Å². The van der Waals surface area contributed by atoms with Gasteiger partial charge in [0.2, 0.25) is 0 Å². The van der Waals surface area contributed by atoms with Gasteiger partial charge in [-0.1, -0.05) is 94.8 Å². The summed E-state index contributed by atoms with van der Waals surface area (Å²) in [5.74, 6) is 0.574. The van der Waals surface area contributed by atoms with Crippen molar-refractivity contribution in [3.8, 4) is 22.4 Å². The number of nitrogens with two attached hydrogens (primary N) is 1. The SMILES string of the molecule is C=C(C)CCC(C)CNCC(=C)/N=C\C(C)c1cccc(-c2cccc(-c3cnc(CN4CCCC4C(C)(C)C)c(C)n3)c2Cl)c1N. The highest BCUT2D eigenvalue weighted by Gasteiger charge is 2.34. The fraction of sp³-hybridized carbons (Fsp3) is 0.475. The normalized spacial score (nSPS) is 16.9. The van der Waals surface area contributed by atoms with Gasteiger partial charge in [0, 0.05) is 59.3 Å². The minimum absolute atomic E-state index is 0.00213. The summed E-state index contributed by atoms with van der Waals surface area (Å²) < 4.78 is 0. The van der Waals surface area contributed by atoms with Gasteiger partial charge in [0.1, 0.15) is 0 Å². The van der Waals surface area contributed by atoms with Gasteiger partial charge in [-0.2, -0.15) is 0 Å². The number of aromatic nitrogens is 2. The Morgan fingerprint density at radius 3 is 2.55 bits per heavy atom. The fourth-order valence-corrected chi connectivity index (χ4v) is 6.86. The summed E-state index contributed by atoms with van der Waals surface area (Å²) in [7, 11) is 0. The van der Waals surface area contributed by atoms with E-state index in [4.69, 9.17) is 27.3 Å². The standard InChI is InChI=1S/C40H55ClN6/c1-26(2)18-19-27(3)21-43-23-29(5)44-22-28(4)31-13-10-15-33(39(31)42)32-14-11-16-34(38(32)41)35-24-45-36(30(6)46-35)25-47-20-12-17-37(47)40(7,8)9/h10-11,13-16,22,24,27-28,37,43H,1,5,12,17-21,23,25,42H2,2-4,6-9H3/b44-22-. The summed E-state index contributed by atoms with van der Waals surface area (Å²) in [6.07, 6.45) is 8.44. The van der Waals surface area contributed by atoms with Crippen molar-refractivity contribution in [2.24, 2.45) is 16.3 Å². The largest absolute Gasteiger partial charge is 0.398 e. The number of nitrogen functional groups attached to an aromatic ring is 1. The highest BCUT2D eigenvalue weighted by Crippen LogP contribution is 2.40. The molecule has 1 aromatic heterocycles. The molecule has 1 fully saturated rings. The molecular weight excluding hydrogens is 600 g/mol. The van der Waals surface area contributed by atoms with Crippen molar-refractivity contribution in [1.82, 2.24) is 20.2 Å². The quantitative estimate of drug-likeness (QED) is 0.103. The van der Waals surface area contributed by atoms with Crippen molar-refractivity contribution >= 4 is 23.5 Å². The lowest BCUT2D eigenvalue weighted by Gasteiger charge is -2.35. The minimum Gasteiger partial charge on any atom is -0.398 e. The van der Waals surface area contributed by atoms with Crippen LogP contribution in [0.25, 0.3) is 22.4 Å². The second-order valence-corrected chi connectivity index (χ2v) is 15.0. The van der Waals surface area contributed by atoms with Crippen molar-refractivity contribution in [2.45, 2.75) is 92.7 Å². The number of para-hydroxylation sites is 1. The Labute approximate surface area is 288 Å². The Hall–Kier alpha value is -3.32. The molecule has 0 bridgehead atoms. The number of aryl methyl sites for hydroxylation is 1. The van der Waals surface area contributed by atoms with Gasteiger partial charge in [0.15, 0.2) is 0 Å². The third-order valence-corrected chi connectivity index (χ3v) is 9.73. The summed E-state index contributed by atoms with van der Waals surface area (Å²) in [5.41, 5.74) is 16.1. The number of rotatable bonds is 14. The first kappa shape index (κ1) is 36.5. The molecule has 3 unspecified atom stereocenters. The zero-order valence-corrected chi connectivity index (χ0v) is 30.4. The van der Waals surface area contributed by atoms with E-state index in [1.165, 1.54) is 18.4 Å². The summed E-state index contributed by atoms with van der Waals surface area (Å²) in [4.78, 5) is 17.1. The van der Waals surface area contributed by atoms with Gasteiger partial charge in [-0.3, -0.25) is 14.9 Å². The maximum Gasteiger partial charge on any atom is 0.0903 e. The zero-order chi connectivity index (χ0) is 34.3. The van der Waals surface area contributed by atoms with Crippen molar-refractivity contribution in [1.29, 1.82) is 0 Å². The summed E-state index contributed by atoms with van der Waals surface area (Å²) in [5, 5.41) is 4.09. The van der Waals surface area contributed by atoms with Crippen LogP contribution in [0.2, 0.25) is 5.02 Å². The number of hydrogen-bond acceptors (Lipinski definition) is 6. The molecule has 2 heterocycles. The van der Waals surface area contributed by atoms with Crippen LogP contribution in [0.5, 0.6) is 0 Å². The first-order valence-corrected chi connectivity index (χ1v) is 17.4. The topological polar surface area (TPSA) is 79.4 Å². The van der Waals surface area contributed by atoms with E-state index in [0.717, 1.165) is 77.5 Å². The number of anilines is 1. The van der Waals surface area contributed by atoms with Crippen LogP contribution in [0.4, 0.5) is 5.69 Å². The van der Waals surface area contributed by atoms with Gasteiger partial charge < -0.3 is 11.1 Å². The number of nitrogens with one attached hydrogen (secondary N) is 1. The first-order chi connectivity index (χ1) is 22.3. The number of nitrogens with zero attached hydrogens (tertiary/aromatic N) is 4. The molecular formula is C40H55ClN6. The third-order valence-electron chi connectivity index (χ3n) is 9.33. The Bertz CT molecular complexity index is 1590. The third kappa shape index (κ3) is 9.62. The molecule has 3 atom stereocenters. The number of likely N-dealkylation sites (tertiary alicyclic amines) is 1. The van der Waals surface area contributed by atoms with E-state index in [0.29, 0.717) is 29.2 Å². The van der Waals surface area contributed by atoms with Crippen molar-refractivity contribution < 1.29 is 0 Å². The molecule has 1 aliphatic heterocycles. The van der Waals surface area contributed by atoms with E-state index in [1.807, 2.05) is 49.7 Å². The van der Waals surface area contributed by atoms with E-state index in [9.17, 15) is 0 Å². The molecule has 0 aliphatic carbocycles. The number of allylic oxidation sites excluding steroid dienone is 1. The van der Waals surface area contributed by atoms with Crippen LogP contribution in [0, 0.1) is 18.3 Å². The lowest BCUT2D eigenvalue weighted by Crippen LogP contribution is -2.39. The van der Waals surface area contributed by atoms with Crippen molar-refractivity contribution in [3.05, 3.63) is 89.0 Å². The zero-order valence-electron chi connectivity index (χ0n) is 29.7. The average molecular weight is 655 g/mol. The highest BCUT2D eigenvalue weighted by molar-refractivity contribution is 6.36. The molecule has 0 saturated carbocycles. The minimum atomic E-state index is -0.00213. The summed E-state index contributed by atoms with van der Waals surface area (Å²) in [6.45, 7) is 27.1. The Balaban J connectivity index is 1.47. The van der Waals surface area contributed by atoms with Crippen LogP contribution in [0.3, 0.4) is 0 Å². The van der Waals surface area contributed by atoms with E-state index in [1.54, 1.807) is 0 Å². The molecule has 1 saturated heterocycles. The number of halogens is 1. The second-order valence-electron chi connectivity index (χ2n) is 14.6. The summed E-state index contributed by atoms with van der Waals surface area (Å²) >= 11 is 7.11. The van der Waals surface area contributed by atoms with Crippen LogP contribution in [-0.2, 0) is 6.54 Å². The Kier molecular flexibility index (Phi) is 12.6. The fourth-order valence-electron chi connectivity index (χ4n) is 6.53. The van der Waals surface area contributed by atoms with Crippen LogP contribution in [0.1, 0.15) is 90.1 Å². The molecule has 0 spiro atoms. The second kappa shape index (κ2) is 16.2. The number of hydrogen-bond donors (Lipinski definition) is 2. The van der Waals surface area contributed by atoms with Gasteiger partial charge in [-0.05, 0) is 69.5 Å². The first-order valence-electron chi connectivity index (χ1n) is 17.1. The molecule has 3 N–H and O–H groups in total. The smallest absolute Gasteiger partial charge is 0.0903 e. The van der Waals surface area contributed by atoms with E-state index < -0.39 is 0 Å². The molecule has 0 amide bonds. The maximum absolute atomic E-state index is 7.11. The number of aliphatic imine (C=N–C) groups is 1. The molecule has 2 aromatic carbocycles. The molecule has 4 rings (SSSR count).